The molecule has 0 rings (SSSR count). The molecule has 0 aromatic rings. The van der Waals surface area contributed by atoms with E-state index in [9.17, 15) is 4.79 Å². The standard InChI is InChI=1S/C12H23NO2/c1-8(2)10(9(3)4)13-11(14)15-12(5,6)7/h9-10H,1H2,2-7H3,(H,13,14)/t10-/m0/s1. The summed E-state index contributed by atoms with van der Waals surface area (Å²) in [4.78, 5) is 11.5. The van der Waals surface area contributed by atoms with Gasteiger partial charge in [0.2, 0.25) is 0 Å². The number of amides is 1. The minimum atomic E-state index is -0.458. The minimum absolute atomic E-state index is 0.0279. The molecule has 0 aromatic heterocycles. The van der Waals surface area contributed by atoms with Crippen LogP contribution in [-0.4, -0.2) is 17.7 Å². The molecule has 0 saturated carbocycles. The molecule has 15 heavy (non-hydrogen) atoms. The first kappa shape index (κ1) is 14.0. The van der Waals surface area contributed by atoms with Crippen LogP contribution in [0.5, 0.6) is 0 Å². The molecular formula is C12H23NO2. The molecule has 0 spiro atoms. The van der Waals surface area contributed by atoms with Gasteiger partial charge in [0.25, 0.3) is 0 Å². The lowest BCUT2D eigenvalue weighted by atomic mass is 9.98. The van der Waals surface area contributed by atoms with Gasteiger partial charge in [0.15, 0.2) is 0 Å². The van der Waals surface area contributed by atoms with E-state index in [1.165, 1.54) is 0 Å². The Balaban J connectivity index is 4.31. The number of carbonyl (C=O) groups excluding carboxylic acids is 1. The molecule has 0 aliphatic heterocycles. The zero-order valence-corrected chi connectivity index (χ0v) is 10.7. The molecule has 1 atom stereocenters. The predicted molar refractivity (Wildman–Crippen MR) is 62.8 cm³/mol. The van der Waals surface area contributed by atoms with Gasteiger partial charge in [-0.25, -0.2) is 4.79 Å². The van der Waals surface area contributed by atoms with Crippen LogP contribution in [0.25, 0.3) is 0 Å². The highest BCUT2D eigenvalue weighted by Gasteiger charge is 2.21. The summed E-state index contributed by atoms with van der Waals surface area (Å²) in [5.41, 5.74) is 0.483. The van der Waals surface area contributed by atoms with Crippen LogP contribution in [0.3, 0.4) is 0 Å². The van der Waals surface area contributed by atoms with E-state index < -0.39 is 5.60 Å². The summed E-state index contributed by atoms with van der Waals surface area (Å²) in [6, 6.07) is -0.0279. The van der Waals surface area contributed by atoms with Crippen molar-refractivity contribution in [2.24, 2.45) is 5.92 Å². The zero-order chi connectivity index (χ0) is 12.2. The van der Waals surface area contributed by atoms with E-state index in [0.717, 1.165) is 5.57 Å². The first-order valence-electron chi connectivity index (χ1n) is 5.28. The Morgan fingerprint density at radius 1 is 1.33 bits per heavy atom. The van der Waals surface area contributed by atoms with Crippen molar-refractivity contribution in [2.45, 2.75) is 53.2 Å². The Morgan fingerprint density at radius 3 is 2.07 bits per heavy atom. The second-order valence-electron chi connectivity index (χ2n) is 5.21. The van der Waals surface area contributed by atoms with Crippen LogP contribution in [0, 0.1) is 5.92 Å². The maximum Gasteiger partial charge on any atom is 0.408 e. The third-order valence-corrected chi connectivity index (χ3v) is 1.87. The first-order chi connectivity index (χ1) is 6.63. The number of ether oxygens (including phenoxy) is 1. The molecule has 1 amide bonds. The van der Waals surface area contributed by atoms with Gasteiger partial charge in [0.1, 0.15) is 5.60 Å². The molecule has 0 fully saturated rings. The number of carbonyl (C=O) groups is 1. The van der Waals surface area contributed by atoms with E-state index in [2.05, 4.69) is 11.9 Å². The summed E-state index contributed by atoms with van der Waals surface area (Å²) in [5, 5.41) is 2.81. The highest BCUT2D eigenvalue weighted by atomic mass is 16.6. The highest BCUT2D eigenvalue weighted by Crippen LogP contribution is 2.12. The van der Waals surface area contributed by atoms with Crippen molar-refractivity contribution >= 4 is 6.09 Å². The molecule has 0 radical (unpaired) electrons. The van der Waals surface area contributed by atoms with Crippen LogP contribution in [0.15, 0.2) is 12.2 Å². The zero-order valence-electron chi connectivity index (χ0n) is 10.7. The van der Waals surface area contributed by atoms with Gasteiger partial charge in [-0.05, 0) is 33.6 Å². The Bertz CT molecular complexity index is 238. The molecule has 0 unspecified atom stereocenters. The van der Waals surface area contributed by atoms with Gasteiger partial charge >= 0.3 is 6.09 Å². The smallest absolute Gasteiger partial charge is 0.408 e. The van der Waals surface area contributed by atoms with Gasteiger partial charge in [0, 0.05) is 0 Å². The molecule has 1 N–H and O–H groups in total. The fourth-order valence-corrected chi connectivity index (χ4v) is 1.29. The van der Waals surface area contributed by atoms with Crippen LogP contribution < -0.4 is 5.32 Å². The Morgan fingerprint density at radius 2 is 1.80 bits per heavy atom. The molecule has 0 bridgehead atoms. The quantitative estimate of drug-likeness (QED) is 0.731. The van der Waals surface area contributed by atoms with Gasteiger partial charge in [-0.2, -0.15) is 0 Å². The molecule has 0 aromatic carbocycles. The Hall–Kier alpha value is -0.990. The molecule has 0 heterocycles. The molecule has 3 nitrogen and oxygen atoms in total. The molecular weight excluding hydrogens is 190 g/mol. The lowest BCUT2D eigenvalue weighted by Gasteiger charge is -2.25. The Kier molecular flexibility index (Phi) is 4.85. The summed E-state index contributed by atoms with van der Waals surface area (Å²) in [5.74, 6) is 0.315. The fourth-order valence-electron chi connectivity index (χ4n) is 1.29. The van der Waals surface area contributed by atoms with Crippen LogP contribution >= 0.6 is 0 Å². The van der Waals surface area contributed by atoms with E-state index in [4.69, 9.17) is 4.74 Å². The normalized spacial score (nSPS) is 13.5. The van der Waals surface area contributed by atoms with E-state index in [0.29, 0.717) is 5.92 Å². The summed E-state index contributed by atoms with van der Waals surface area (Å²) in [6.07, 6.45) is -0.385. The lowest BCUT2D eigenvalue weighted by molar-refractivity contribution is 0.0501. The number of nitrogens with one attached hydrogen (secondary N) is 1. The SMILES string of the molecule is C=C(C)[C@H](NC(=O)OC(C)(C)C)C(C)C. The van der Waals surface area contributed by atoms with Crippen LogP contribution in [0.4, 0.5) is 4.79 Å². The Labute approximate surface area is 92.9 Å². The molecule has 0 aliphatic carbocycles. The van der Waals surface area contributed by atoms with Crippen LogP contribution in [-0.2, 0) is 4.74 Å². The lowest BCUT2D eigenvalue weighted by Crippen LogP contribution is -2.42. The third kappa shape index (κ3) is 6.15. The third-order valence-electron chi connectivity index (χ3n) is 1.87. The number of rotatable bonds is 3. The van der Waals surface area contributed by atoms with Gasteiger partial charge in [0.05, 0.1) is 6.04 Å². The molecule has 88 valence electrons. The fraction of sp³-hybridized carbons (Fsp3) is 0.750. The first-order valence-corrected chi connectivity index (χ1v) is 5.28. The van der Waals surface area contributed by atoms with Crippen molar-refractivity contribution in [3.8, 4) is 0 Å². The van der Waals surface area contributed by atoms with Gasteiger partial charge < -0.3 is 10.1 Å². The average molecular weight is 213 g/mol. The maximum atomic E-state index is 11.5. The van der Waals surface area contributed by atoms with Crippen molar-refractivity contribution in [1.29, 1.82) is 0 Å². The average Bonchev–Trinajstić information content (AvgIpc) is 1.95. The second kappa shape index (κ2) is 5.19. The number of hydrogen-bond acceptors (Lipinski definition) is 2. The topological polar surface area (TPSA) is 38.3 Å². The van der Waals surface area contributed by atoms with E-state index in [1.54, 1.807) is 0 Å². The maximum absolute atomic E-state index is 11.5. The molecule has 0 aliphatic rings. The highest BCUT2D eigenvalue weighted by molar-refractivity contribution is 5.68. The summed E-state index contributed by atoms with van der Waals surface area (Å²) < 4.78 is 5.18. The van der Waals surface area contributed by atoms with E-state index in [-0.39, 0.29) is 12.1 Å². The van der Waals surface area contributed by atoms with Gasteiger partial charge in [-0.15, -0.1) is 0 Å². The minimum Gasteiger partial charge on any atom is -0.444 e. The molecule has 0 saturated heterocycles. The second-order valence-corrected chi connectivity index (χ2v) is 5.21. The van der Waals surface area contributed by atoms with Crippen molar-refractivity contribution in [3.05, 3.63) is 12.2 Å². The van der Waals surface area contributed by atoms with Crippen LogP contribution in [0.2, 0.25) is 0 Å². The summed E-state index contributed by atoms with van der Waals surface area (Å²) >= 11 is 0. The van der Waals surface area contributed by atoms with Crippen molar-refractivity contribution in [1.82, 2.24) is 5.32 Å². The summed E-state index contributed by atoms with van der Waals surface area (Å²) in [7, 11) is 0. The summed E-state index contributed by atoms with van der Waals surface area (Å²) in [6.45, 7) is 15.4. The number of alkyl carbamates (subject to hydrolysis) is 1. The van der Waals surface area contributed by atoms with Crippen molar-refractivity contribution < 1.29 is 9.53 Å². The largest absolute Gasteiger partial charge is 0.444 e. The van der Waals surface area contributed by atoms with E-state index >= 15 is 0 Å². The van der Waals surface area contributed by atoms with E-state index in [1.807, 2.05) is 41.5 Å². The van der Waals surface area contributed by atoms with Crippen molar-refractivity contribution in [2.75, 3.05) is 0 Å². The predicted octanol–water partition coefficient (Wildman–Crippen LogP) is 3.11. The monoisotopic (exact) mass is 213 g/mol. The van der Waals surface area contributed by atoms with Gasteiger partial charge in [-0.3, -0.25) is 0 Å². The molecule has 3 heteroatoms. The van der Waals surface area contributed by atoms with Crippen molar-refractivity contribution in [3.63, 3.8) is 0 Å². The number of hydrogen-bond donors (Lipinski definition) is 1. The van der Waals surface area contributed by atoms with Crippen LogP contribution in [0.1, 0.15) is 41.5 Å². The van der Waals surface area contributed by atoms with Gasteiger partial charge in [-0.1, -0.05) is 26.0 Å².